The summed E-state index contributed by atoms with van der Waals surface area (Å²) in [7, 11) is -3.93. The summed E-state index contributed by atoms with van der Waals surface area (Å²) in [5.41, 5.74) is 1.00. The highest BCUT2D eigenvalue weighted by molar-refractivity contribution is 7.89. The first kappa shape index (κ1) is 18.4. The van der Waals surface area contributed by atoms with Gasteiger partial charge in [-0.25, -0.2) is 8.42 Å². The lowest BCUT2D eigenvalue weighted by molar-refractivity contribution is -0.145. The molecular weight excluding hydrogens is 332 g/mol. The second-order valence-electron chi connectivity index (χ2n) is 6.16. The Hall–Kier alpha value is -1.93. The zero-order valence-electron chi connectivity index (χ0n) is 14.0. The van der Waals surface area contributed by atoms with Crippen molar-refractivity contribution in [2.24, 2.45) is 0 Å². The Kier molecular flexibility index (Phi) is 5.29. The number of hydrogen-bond acceptors (Lipinski definition) is 4. The fourth-order valence-corrected chi connectivity index (χ4v) is 4.27. The van der Waals surface area contributed by atoms with E-state index in [-0.39, 0.29) is 36.4 Å². The van der Waals surface area contributed by atoms with Gasteiger partial charge in [0, 0.05) is 26.6 Å². The van der Waals surface area contributed by atoms with E-state index in [1.54, 1.807) is 12.1 Å². The molecule has 1 aromatic carbocycles. The SMILES string of the molecule is CC(=O)N1CCN(S(=O)(=O)c2ccc(C(C)C)cc2)[C@H](C(=O)O)C1. The lowest BCUT2D eigenvalue weighted by Crippen LogP contribution is -2.58. The summed E-state index contributed by atoms with van der Waals surface area (Å²) in [5.74, 6) is -1.25. The Labute approximate surface area is 141 Å². The van der Waals surface area contributed by atoms with Gasteiger partial charge in [0.15, 0.2) is 0 Å². The summed E-state index contributed by atoms with van der Waals surface area (Å²) in [6.45, 7) is 5.35. The maximum atomic E-state index is 12.8. The Balaban J connectivity index is 2.33. The number of carbonyl (C=O) groups excluding carboxylic acids is 1. The number of nitrogens with zero attached hydrogens (tertiary/aromatic N) is 2. The fraction of sp³-hybridized carbons (Fsp3) is 0.500. The number of piperazine rings is 1. The van der Waals surface area contributed by atoms with Crippen LogP contribution in [0.3, 0.4) is 0 Å². The minimum absolute atomic E-state index is 0.0369. The molecule has 1 aromatic rings. The van der Waals surface area contributed by atoms with Crippen molar-refractivity contribution in [3.63, 3.8) is 0 Å². The Morgan fingerprint density at radius 3 is 2.21 bits per heavy atom. The number of carboxylic acid groups (broad SMARTS) is 1. The lowest BCUT2D eigenvalue weighted by Gasteiger charge is -2.38. The average Bonchev–Trinajstić information content (AvgIpc) is 2.54. The van der Waals surface area contributed by atoms with Crippen molar-refractivity contribution in [2.75, 3.05) is 19.6 Å². The number of rotatable bonds is 4. The Morgan fingerprint density at radius 2 is 1.75 bits per heavy atom. The van der Waals surface area contributed by atoms with Crippen molar-refractivity contribution in [3.8, 4) is 0 Å². The molecule has 24 heavy (non-hydrogen) atoms. The summed E-state index contributed by atoms with van der Waals surface area (Å²) < 4.78 is 26.6. The van der Waals surface area contributed by atoms with E-state index in [0.29, 0.717) is 0 Å². The molecular formula is C16H22N2O5S. The van der Waals surface area contributed by atoms with Gasteiger partial charge in [0.2, 0.25) is 15.9 Å². The van der Waals surface area contributed by atoms with Crippen LogP contribution in [0.15, 0.2) is 29.2 Å². The molecule has 1 atom stereocenters. The van der Waals surface area contributed by atoms with E-state index in [4.69, 9.17) is 0 Å². The first-order valence-corrected chi connectivity index (χ1v) is 9.18. The smallest absolute Gasteiger partial charge is 0.323 e. The van der Waals surface area contributed by atoms with E-state index < -0.39 is 22.0 Å². The third kappa shape index (κ3) is 3.59. The second kappa shape index (κ2) is 6.90. The molecule has 1 fully saturated rings. The predicted octanol–water partition coefficient (Wildman–Crippen LogP) is 1.12. The largest absolute Gasteiger partial charge is 0.480 e. The van der Waals surface area contributed by atoms with Gasteiger partial charge in [0.05, 0.1) is 4.90 Å². The molecule has 0 saturated carbocycles. The van der Waals surface area contributed by atoms with E-state index in [2.05, 4.69) is 0 Å². The predicted molar refractivity (Wildman–Crippen MR) is 88.1 cm³/mol. The van der Waals surface area contributed by atoms with Gasteiger partial charge in [-0.1, -0.05) is 26.0 Å². The molecule has 1 aliphatic heterocycles. The van der Waals surface area contributed by atoms with Crippen LogP contribution in [-0.4, -0.2) is 60.3 Å². The maximum absolute atomic E-state index is 12.8. The Bertz CT molecular complexity index is 727. The van der Waals surface area contributed by atoms with E-state index >= 15 is 0 Å². The van der Waals surface area contributed by atoms with Crippen molar-refractivity contribution < 1.29 is 23.1 Å². The third-order valence-corrected chi connectivity index (χ3v) is 6.14. The third-order valence-electron chi connectivity index (χ3n) is 4.21. The van der Waals surface area contributed by atoms with Crippen molar-refractivity contribution >= 4 is 21.9 Å². The summed E-state index contributed by atoms with van der Waals surface area (Å²) in [5, 5.41) is 9.39. The number of sulfonamides is 1. The van der Waals surface area contributed by atoms with Crippen molar-refractivity contribution in [1.29, 1.82) is 0 Å². The molecule has 1 heterocycles. The molecule has 0 aliphatic carbocycles. The minimum atomic E-state index is -3.93. The normalized spacial score (nSPS) is 19.5. The second-order valence-corrected chi connectivity index (χ2v) is 8.05. The van der Waals surface area contributed by atoms with Crippen LogP contribution in [0.2, 0.25) is 0 Å². The molecule has 1 saturated heterocycles. The van der Waals surface area contributed by atoms with Gasteiger partial charge in [-0.3, -0.25) is 9.59 Å². The summed E-state index contributed by atoms with van der Waals surface area (Å²) in [6.07, 6.45) is 0. The topological polar surface area (TPSA) is 95.0 Å². The molecule has 1 amide bonds. The van der Waals surface area contributed by atoms with Crippen LogP contribution in [-0.2, 0) is 19.6 Å². The molecule has 0 spiro atoms. The number of benzene rings is 1. The average molecular weight is 354 g/mol. The summed E-state index contributed by atoms with van der Waals surface area (Å²) in [4.78, 5) is 24.4. The molecule has 0 unspecified atom stereocenters. The molecule has 0 bridgehead atoms. The number of hydrogen-bond donors (Lipinski definition) is 1. The van der Waals surface area contributed by atoms with Crippen LogP contribution in [0.25, 0.3) is 0 Å². The van der Waals surface area contributed by atoms with Crippen LogP contribution in [0.4, 0.5) is 0 Å². The Morgan fingerprint density at radius 1 is 1.17 bits per heavy atom. The maximum Gasteiger partial charge on any atom is 0.323 e. The highest BCUT2D eigenvalue weighted by atomic mass is 32.2. The first-order chi connectivity index (χ1) is 11.1. The highest BCUT2D eigenvalue weighted by Crippen LogP contribution is 2.24. The molecule has 2 rings (SSSR count). The molecule has 1 aliphatic rings. The fourth-order valence-electron chi connectivity index (χ4n) is 2.70. The molecule has 132 valence electrons. The van der Waals surface area contributed by atoms with Crippen LogP contribution in [0.1, 0.15) is 32.3 Å². The van der Waals surface area contributed by atoms with E-state index in [0.717, 1.165) is 9.87 Å². The summed E-state index contributed by atoms with van der Waals surface area (Å²) in [6, 6.07) is 5.19. The van der Waals surface area contributed by atoms with Gasteiger partial charge >= 0.3 is 5.97 Å². The first-order valence-electron chi connectivity index (χ1n) is 7.74. The van der Waals surface area contributed by atoms with Crippen molar-refractivity contribution in [3.05, 3.63) is 29.8 Å². The lowest BCUT2D eigenvalue weighted by atomic mass is 10.0. The monoisotopic (exact) mass is 354 g/mol. The summed E-state index contributed by atoms with van der Waals surface area (Å²) >= 11 is 0. The van der Waals surface area contributed by atoms with E-state index in [1.165, 1.54) is 24.0 Å². The van der Waals surface area contributed by atoms with Crippen LogP contribution in [0.5, 0.6) is 0 Å². The molecule has 0 aromatic heterocycles. The van der Waals surface area contributed by atoms with Crippen molar-refractivity contribution in [1.82, 2.24) is 9.21 Å². The highest BCUT2D eigenvalue weighted by Gasteiger charge is 2.40. The van der Waals surface area contributed by atoms with Crippen molar-refractivity contribution in [2.45, 2.75) is 37.6 Å². The molecule has 8 heteroatoms. The van der Waals surface area contributed by atoms with Gasteiger partial charge in [0.25, 0.3) is 0 Å². The van der Waals surface area contributed by atoms with E-state index in [1.807, 2.05) is 13.8 Å². The minimum Gasteiger partial charge on any atom is -0.480 e. The number of amides is 1. The van der Waals surface area contributed by atoms with E-state index in [9.17, 15) is 23.1 Å². The molecule has 1 N–H and O–H groups in total. The van der Waals surface area contributed by atoms with Gasteiger partial charge in [0.1, 0.15) is 6.04 Å². The van der Waals surface area contributed by atoms with Crippen LogP contribution >= 0.6 is 0 Å². The van der Waals surface area contributed by atoms with Crippen LogP contribution in [0, 0.1) is 0 Å². The zero-order chi connectivity index (χ0) is 18.1. The molecule has 0 radical (unpaired) electrons. The quantitative estimate of drug-likeness (QED) is 0.874. The van der Waals surface area contributed by atoms with Gasteiger partial charge in [-0.2, -0.15) is 4.31 Å². The van der Waals surface area contributed by atoms with Gasteiger partial charge in [-0.15, -0.1) is 0 Å². The van der Waals surface area contributed by atoms with Gasteiger partial charge in [-0.05, 0) is 23.6 Å². The molecule has 7 nitrogen and oxygen atoms in total. The zero-order valence-corrected chi connectivity index (χ0v) is 14.8. The standard InChI is InChI=1S/C16H22N2O5S/c1-11(2)13-4-6-14(7-5-13)24(22,23)18-9-8-17(12(3)19)10-15(18)16(20)21/h4-7,11,15H,8-10H2,1-3H3,(H,20,21)/t15-/m0/s1. The van der Waals surface area contributed by atoms with Gasteiger partial charge < -0.3 is 10.0 Å². The number of carbonyl (C=O) groups is 2. The number of carboxylic acids is 1. The van der Waals surface area contributed by atoms with Crippen LogP contribution < -0.4 is 0 Å². The number of aliphatic carboxylic acids is 1.